The number of aromatic nitrogens is 2. The van der Waals surface area contributed by atoms with E-state index in [4.69, 9.17) is 4.74 Å². The van der Waals surface area contributed by atoms with Crippen molar-refractivity contribution in [2.75, 3.05) is 5.32 Å². The Morgan fingerprint density at radius 3 is 2.09 bits per heavy atom. The van der Waals surface area contributed by atoms with Gasteiger partial charge in [0.15, 0.2) is 0 Å². The van der Waals surface area contributed by atoms with E-state index in [9.17, 15) is 22.4 Å². The van der Waals surface area contributed by atoms with Crippen molar-refractivity contribution in [1.29, 1.82) is 0 Å². The molecule has 1 aromatic heterocycles. The van der Waals surface area contributed by atoms with Gasteiger partial charge in [0.05, 0.1) is 12.2 Å². The topological polar surface area (TPSA) is 56.2 Å². The van der Waals surface area contributed by atoms with Gasteiger partial charge in [0, 0.05) is 12.3 Å². The molecule has 9 heteroatoms. The van der Waals surface area contributed by atoms with Crippen LogP contribution in [0.5, 0.6) is 5.88 Å². The van der Waals surface area contributed by atoms with Crippen molar-refractivity contribution in [2.45, 2.75) is 13.2 Å². The van der Waals surface area contributed by atoms with Gasteiger partial charge in [-0.2, -0.15) is 0 Å². The van der Waals surface area contributed by atoms with Crippen molar-refractivity contribution in [3.8, 4) is 5.88 Å². The fourth-order valence-corrected chi connectivity index (χ4v) is 3.04. The maximum Gasteiger partial charge on any atom is 0.262 e. The van der Waals surface area contributed by atoms with Crippen LogP contribution < -0.4 is 10.1 Å². The summed E-state index contributed by atoms with van der Waals surface area (Å²) in [7, 11) is 0. The average Bonchev–Trinajstić information content (AvgIpc) is 3.19. The number of nitrogens with zero attached hydrogens (tertiary/aromatic N) is 2. The Morgan fingerprint density at radius 1 is 0.848 bits per heavy atom. The molecule has 0 fully saturated rings. The van der Waals surface area contributed by atoms with Crippen LogP contribution in [0.2, 0.25) is 0 Å². The van der Waals surface area contributed by atoms with E-state index in [-0.39, 0.29) is 36.1 Å². The first kappa shape index (κ1) is 22.1. The summed E-state index contributed by atoms with van der Waals surface area (Å²) in [5.41, 5.74) is 1.15. The number of carbonyl (C=O) groups is 1. The Kier molecular flexibility index (Phi) is 6.39. The maximum atomic E-state index is 14.0. The van der Waals surface area contributed by atoms with Crippen LogP contribution in [0.25, 0.3) is 0 Å². The first-order valence-electron chi connectivity index (χ1n) is 9.83. The van der Waals surface area contributed by atoms with Crippen molar-refractivity contribution in [2.24, 2.45) is 0 Å². The number of amides is 1. The molecule has 33 heavy (non-hydrogen) atoms. The van der Waals surface area contributed by atoms with E-state index in [2.05, 4.69) is 10.4 Å². The van der Waals surface area contributed by atoms with Gasteiger partial charge in [0.25, 0.3) is 5.91 Å². The molecular weight excluding hydrogens is 438 g/mol. The van der Waals surface area contributed by atoms with Crippen LogP contribution in [0.4, 0.5) is 23.2 Å². The van der Waals surface area contributed by atoms with Gasteiger partial charge in [-0.15, -0.1) is 5.10 Å². The molecule has 0 bridgehead atoms. The largest absolute Gasteiger partial charge is 0.471 e. The molecule has 0 aliphatic heterocycles. The fourth-order valence-electron chi connectivity index (χ4n) is 3.04. The molecule has 0 spiro atoms. The van der Waals surface area contributed by atoms with Crippen LogP contribution in [0, 0.1) is 23.3 Å². The molecule has 168 valence electrons. The standard InChI is InChI=1S/C24H17F4N3O2/c25-17-5-1-15(2-6-17)12-31-13-20(23(32)29-22-10-9-19(27)11-21(22)28)24(30-31)33-14-16-3-7-18(26)8-4-16/h1-11,13H,12,14H2,(H,29,32). The molecule has 1 N–H and O–H groups in total. The minimum Gasteiger partial charge on any atom is -0.471 e. The van der Waals surface area contributed by atoms with Gasteiger partial charge in [0.1, 0.15) is 35.4 Å². The molecule has 1 amide bonds. The SMILES string of the molecule is O=C(Nc1ccc(F)cc1F)c1cn(Cc2ccc(F)cc2)nc1OCc1ccc(F)cc1. The van der Waals surface area contributed by atoms with Gasteiger partial charge in [-0.05, 0) is 47.5 Å². The summed E-state index contributed by atoms with van der Waals surface area (Å²) in [6.45, 7) is 0.213. The smallest absolute Gasteiger partial charge is 0.262 e. The highest BCUT2D eigenvalue weighted by atomic mass is 19.1. The normalized spacial score (nSPS) is 10.8. The highest BCUT2D eigenvalue weighted by molar-refractivity contribution is 6.05. The number of nitrogens with one attached hydrogen (secondary N) is 1. The van der Waals surface area contributed by atoms with Crippen LogP contribution in [-0.2, 0) is 13.2 Å². The first-order chi connectivity index (χ1) is 15.9. The number of carbonyl (C=O) groups excluding carboxylic acids is 1. The Balaban J connectivity index is 1.58. The second-order valence-electron chi connectivity index (χ2n) is 7.17. The summed E-state index contributed by atoms with van der Waals surface area (Å²) in [4.78, 5) is 12.8. The number of ether oxygens (including phenoxy) is 1. The predicted molar refractivity (Wildman–Crippen MR) is 113 cm³/mol. The van der Waals surface area contributed by atoms with Crippen molar-refractivity contribution in [1.82, 2.24) is 9.78 Å². The number of anilines is 1. The van der Waals surface area contributed by atoms with E-state index in [1.54, 1.807) is 12.1 Å². The Morgan fingerprint density at radius 2 is 1.45 bits per heavy atom. The number of hydrogen-bond acceptors (Lipinski definition) is 3. The van der Waals surface area contributed by atoms with Crippen LogP contribution in [0.3, 0.4) is 0 Å². The van der Waals surface area contributed by atoms with Crippen LogP contribution >= 0.6 is 0 Å². The molecule has 0 saturated heterocycles. The van der Waals surface area contributed by atoms with E-state index in [0.29, 0.717) is 11.6 Å². The summed E-state index contributed by atoms with van der Waals surface area (Å²) in [5.74, 6) is -3.26. The van der Waals surface area contributed by atoms with E-state index in [1.165, 1.54) is 47.3 Å². The van der Waals surface area contributed by atoms with Gasteiger partial charge >= 0.3 is 0 Å². The molecule has 0 aliphatic rings. The lowest BCUT2D eigenvalue weighted by molar-refractivity contribution is 0.102. The van der Waals surface area contributed by atoms with Gasteiger partial charge in [-0.25, -0.2) is 17.6 Å². The molecule has 0 radical (unpaired) electrons. The van der Waals surface area contributed by atoms with Gasteiger partial charge in [0.2, 0.25) is 5.88 Å². The van der Waals surface area contributed by atoms with Crippen molar-refractivity contribution < 1.29 is 27.1 Å². The van der Waals surface area contributed by atoms with Gasteiger partial charge < -0.3 is 10.1 Å². The quantitative estimate of drug-likeness (QED) is 0.384. The molecule has 4 aromatic rings. The van der Waals surface area contributed by atoms with E-state index in [1.807, 2.05) is 0 Å². The Labute approximate surface area is 186 Å². The molecule has 0 unspecified atom stereocenters. The number of halogens is 4. The molecule has 0 saturated carbocycles. The minimum atomic E-state index is -0.934. The summed E-state index contributed by atoms with van der Waals surface area (Å²) in [6, 6.07) is 14.1. The molecule has 5 nitrogen and oxygen atoms in total. The fraction of sp³-hybridized carbons (Fsp3) is 0.0833. The van der Waals surface area contributed by atoms with E-state index >= 15 is 0 Å². The second-order valence-corrected chi connectivity index (χ2v) is 7.17. The predicted octanol–water partition coefficient (Wildman–Crippen LogP) is 5.32. The third-order valence-corrected chi connectivity index (χ3v) is 4.70. The molecule has 3 aromatic carbocycles. The minimum absolute atomic E-state index is 0.000961. The third kappa shape index (κ3) is 5.57. The monoisotopic (exact) mass is 455 g/mol. The summed E-state index contributed by atoms with van der Waals surface area (Å²) in [5, 5.41) is 6.64. The van der Waals surface area contributed by atoms with Crippen LogP contribution in [-0.4, -0.2) is 15.7 Å². The van der Waals surface area contributed by atoms with Crippen molar-refractivity contribution >= 4 is 11.6 Å². The van der Waals surface area contributed by atoms with Gasteiger partial charge in [-0.1, -0.05) is 24.3 Å². The molecule has 4 rings (SSSR count). The Bertz CT molecular complexity index is 1270. The highest BCUT2D eigenvalue weighted by Crippen LogP contribution is 2.22. The molecule has 1 heterocycles. The zero-order valence-corrected chi connectivity index (χ0v) is 17.1. The zero-order valence-electron chi connectivity index (χ0n) is 17.1. The molecule has 0 atom stereocenters. The van der Waals surface area contributed by atoms with Crippen LogP contribution in [0.15, 0.2) is 72.9 Å². The first-order valence-corrected chi connectivity index (χ1v) is 9.83. The second kappa shape index (κ2) is 9.56. The number of hydrogen-bond donors (Lipinski definition) is 1. The van der Waals surface area contributed by atoms with E-state index in [0.717, 1.165) is 17.7 Å². The summed E-state index contributed by atoms with van der Waals surface area (Å²) < 4.78 is 60.6. The Hall–Kier alpha value is -4.14. The molecular formula is C24H17F4N3O2. The lowest BCUT2D eigenvalue weighted by Crippen LogP contribution is -2.14. The third-order valence-electron chi connectivity index (χ3n) is 4.70. The van der Waals surface area contributed by atoms with E-state index < -0.39 is 23.4 Å². The van der Waals surface area contributed by atoms with Crippen molar-refractivity contribution in [3.63, 3.8) is 0 Å². The average molecular weight is 455 g/mol. The van der Waals surface area contributed by atoms with Crippen molar-refractivity contribution in [3.05, 3.63) is 113 Å². The van der Waals surface area contributed by atoms with Gasteiger partial charge in [-0.3, -0.25) is 9.48 Å². The number of rotatable bonds is 7. The number of benzene rings is 3. The lowest BCUT2D eigenvalue weighted by atomic mass is 10.2. The van der Waals surface area contributed by atoms with Crippen LogP contribution in [0.1, 0.15) is 21.5 Å². The maximum absolute atomic E-state index is 14.0. The lowest BCUT2D eigenvalue weighted by Gasteiger charge is -2.08. The zero-order chi connectivity index (χ0) is 23.4. The highest BCUT2D eigenvalue weighted by Gasteiger charge is 2.20. The summed E-state index contributed by atoms with van der Waals surface area (Å²) in [6.07, 6.45) is 1.40. The summed E-state index contributed by atoms with van der Waals surface area (Å²) >= 11 is 0. The molecule has 0 aliphatic carbocycles.